The molecule has 0 N–H and O–H groups in total. The Hall–Kier alpha value is -3.06. The highest BCUT2D eigenvalue weighted by molar-refractivity contribution is 5.93. The van der Waals surface area contributed by atoms with Crippen LogP contribution in [0, 0.1) is 0 Å². The van der Waals surface area contributed by atoms with E-state index in [9.17, 15) is 4.79 Å². The number of hydrogen-bond donors (Lipinski definition) is 0. The molecule has 3 heterocycles. The smallest absolute Gasteiger partial charge is 0.257 e. The van der Waals surface area contributed by atoms with Crippen molar-refractivity contribution in [3.63, 3.8) is 0 Å². The minimum Gasteiger partial charge on any atom is -0.497 e. The molecule has 1 fully saturated rings. The second kappa shape index (κ2) is 7.67. The predicted molar refractivity (Wildman–Crippen MR) is 98.4 cm³/mol. The Morgan fingerprint density at radius 1 is 1.11 bits per heavy atom. The third kappa shape index (κ3) is 3.88. The highest BCUT2D eigenvalue weighted by Gasteiger charge is 2.23. The molecule has 140 valence electrons. The molecule has 2 aromatic heterocycles. The number of carbonyl (C=O) groups is 1. The zero-order chi connectivity index (χ0) is 18.6. The van der Waals surface area contributed by atoms with Gasteiger partial charge in [-0.2, -0.15) is 0 Å². The number of oxazole rings is 1. The third-order valence-corrected chi connectivity index (χ3v) is 4.70. The number of methoxy groups -OCH3 is 1. The Morgan fingerprint density at radius 2 is 1.89 bits per heavy atom. The van der Waals surface area contributed by atoms with Crippen LogP contribution in [0.5, 0.6) is 5.75 Å². The van der Waals surface area contributed by atoms with Crippen molar-refractivity contribution >= 4 is 5.91 Å². The monoisotopic (exact) mass is 367 g/mol. The van der Waals surface area contributed by atoms with Crippen molar-refractivity contribution in [3.8, 4) is 17.2 Å². The minimum absolute atomic E-state index is 0.0200. The lowest BCUT2D eigenvalue weighted by atomic mass is 10.2. The van der Waals surface area contributed by atoms with Crippen LogP contribution in [0.3, 0.4) is 0 Å². The minimum atomic E-state index is 0.0200. The Bertz CT molecular complexity index is 878. The van der Waals surface area contributed by atoms with Crippen LogP contribution in [0.2, 0.25) is 0 Å². The summed E-state index contributed by atoms with van der Waals surface area (Å²) in [7, 11) is 1.64. The van der Waals surface area contributed by atoms with Crippen molar-refractivity contribution in [2.75, 3.05) is 33.3 Å². The summed E-state index contributed by atoms with van der Waals surface area (Å²) in [4.78, 5) is 21.1. The van der Waals surface area contributed by atoms with Crippen LogP contribution in [-0.2, 0) is 6.54 Å². The van der Waals surface area contributed by atoms with Crippen molar-refractivity contribution in [1.82, 2.24) is 14.8 Å². The number of nitrogens with zero attached hydrogens (tertiary/aromatic N) is 3. The average molecular weight is 367 g/mol. The van der Waals surface area contributed by atoms with Gasteiger partial charge in [0.05, 0.1) is 24.6 Å². The molecule has 0 bridgehead atoms. The summed E-state index contributed by atoms with van der Waals surface area (Å²) in [6.07, 6.45) is 4.71. The molecule has 4 rings (SSSR count). The highest BCUT2D eigenvalue weighted by atomic mass is 16.5. The quantitative estimate of drug-likeness (QED) is 0.690. The Kier molecular flexibility index (Phi) is 4.93. The van der Waals surface area contributed by atoms with Crippen LogP contribution in [0.25, 0.3) is 11.5 Å². The summed E-state index contributed by atoms with van der Waals surface area (Å²) in [5.41, 5.74) is 2.40. The second-order valence-corrected chi connectivity index (χ2v) is 6.45. The molecule has 7 nitrogen and oxygen atoms in total. The molecule has 0 saturated carbocycles. The van der Waals surface area contributed by atoms with Crippen LogP contribution in [-0.4, -0.2) is 54.0 Å². The molecule has 0 unspecified atom stereocenters. The Balaban J connectivity index is 1.33. The summed E-state index contributed by atoms with van der Waals surface area (Å²) >= 11 is 0. The number of benzene rings is 1. The fraction of sp³-hybridized carbons (Fsp3) is 0.300. The topological polar surface area (TPSA) is 72.0 Å². The SMILES string of the molecule is COc1ccc(-c2nc(CN3CCN(C(=O)c4ccoc4)CC3)co2)cc1. The van der Waals surface area contributed by atoms with Gasteiger partial charge in [-0.3, -0.25) is 9.69 Å². The summed E-state index contributed by atoms with van der Waals surface area (Å²) < 4.78 is 15.8. The number of furan rings is 1. The molecule has 0 spiro atoms. The van der Waals surface area contributed by atoms with Gasteiger partial charge in [-0.1, -0.05) is 0 Å². The zero-order valence-corrected chi connectivity index (χ0v) is 15.1. The van der Waals surface area contributed by atoms with Crippen molar-refractivity contribution in [2.45, 2.75) is 6.54 Å². The van der Waals surface area contributed by atoms with Crippen molar-refractivity contribution < 1.29 is 18.4 Å². The standard InChI is InChI=1S/C20H21N3O4/c1-25-18-4-2-15(3-5-18)19-21-17(14-27-19)12-22-7-9-23(10-8-22)20(24)16-6-11-26-13-16/h2-6,11,13-14H,7-10,12H2,1H3. The molecule has 1 aliphatic rings. The molecule has 1 aliphatic heterocycles. The molecule has 7 heteroatoms. The van der Waals surface area contributed by atoms with Crippen molar-refractivity contribution in [3.05, 3.63) is 60.4 Å². The molecule has 1 amide bonds. The van der Waals surface area contributed by atoms with Crippen molar-refractivity contribution in [2.24, 2.45) is 0 Å². The van der Waals surface area contributed by atoms with Gasteiger partial charge in [0, 0.05) is 38.3 Å². The highest BCUT2D eigenvalue weighted by Crippen LogP contribution is 2.22. The van der Waals surface area contributed by atoms with Gasteiger partial charge in [0.15, 0.2) is 0 Å². The normalized spacial score (nSPS) is 15.1. The van der Waals surface area contributed by atoms with Gasteiger partial charge in [-0.05, 0) is 30.3 Å². The van der Waals surface area contributed by atoms with Crippen molar-refractivity contribution in [1.29, 1.82) is 0 Å². The van der Waals surface area contributed by atoms with Crippen LogP contribution in [0.15, 0.2) is 58.0 Å². The summed E-state index contributed by atoms with van der Waals surface area (Å²) in [5.74, 6) is 1.42. The largest absolute Gasteiger partial charge is 0.497 e. The summed E-state index contributed by atoms with van der Waals surface area (Å²) in [5, 5.41) is 0. The predicted octanol–water partition coefficient (Wildman–Crippen LogP) is 2.90. The van der Waals surface area contributed by atoms with Gasteiger partial charge in [0.25, 0.3) is 5.91 Å². The molecule has 1 aromatic carbocycles. The van der Waals surface area contributed by atoms with Crippen LogP contribution >= 0.6 is 0 Å². The van der Waals surface area contributed by atoms with Gasteiger partial charge in [-0.25, -0.2) is 4.98 Å². The van der Waals surface area contributed by atoms with Gasteiger partial charge >= 0.3 is 0 Å². The molecule has 0 radical (unpaired) electrons. The summed E-state index contributed by atoms with van der Waals surface area (Å²) in [6.45, 7) is 3.68. The first-order valence-corrected chi connectivity index (χ1v) is 8.85. The molecular formula is C20H21N3O4. The first-order chi connectivity index (χ1) is 13.2. The third-order valence-electron chi connectivity index (χ3n) is 4.70. The molecule has 3 aromatic rings. The molecule has 1 saturated heterocycles. The summed E-state index contributed by atoms with van der Waals surface area (Å²) in [6, 6.07) is 9.32. The van der Waals surface area contributed by atoms with Gasteiger partial charge < -0.3 is 18.5 Å². The number of carbonyl (C=O) groups excluding carboxylic acids is 1. The van der Waals surface area contributed by atoms with E-state index < -0.39 is 0 Å². The lowest BCUT2D eigenvalue weighted by molar-refractivity contribution is 0.0626. The molecule has 27 heavy (non-hydrogen) atoms. The molecule has 0 atom stereocenters. The maximum absolute atomic E-state index is 12.3. The first-order valence-electron chi connectivity index (χ1n) is 8.85. The van der Waals surface area contributed by atoms with E-state index in [4.69, 9.17) is 13.6 Å². The lowest BCUT2D eigenvalue weighted by Crippen LogP contribution is -2.48. The number of amides is 1. The van der Waals surface area contributed by atoms with Crippen LogP contribution in [0.1, 0.15) is 16.1 Å². The zero-order valence-electron chi connectivity index (χ0n) is 15.1. The number of rotatable bonds is 5. The van der Waals surface area contributed by atoms with Crippen LogP contribution < -0.4 is 4.74 Å². The average Bonchev–Trinajstić information content (AvgIpc) is 3.40. The van der Waals surface area contributed by atoms with Gasteiger partial charge in [0.1, 0.15) is 18.3 Å². The Labute approximate surface area is 157 Å². The Morgan fingerprint density at radius 3 is 2.56 bits per heavy atom. The van der Waals surface area contributed by atoms with E-state index in [1.165, 1.54) is 12.5 Å². The molecular weight excluding hydrogens is 346 g/mol. The van der Waals surface area contributed by atoms with E-state index >= 15 is 0 Å². The number of piperazine rings is 1. The lowest BCUT2D eigenvalue weighted by Gasteiger charge is -2.34. The molecule has 0 aliphatic carbocycles. The number of hydrogen-bond acceptors (Lipinski definition) is 6. The maximum Gasteiger partial charge on any atom is 0.257 e. The number of ether oxygens (including phenoxy) is 1. The first kappa shape index (κ1) is 17.4. The maximum atomic E-state index is 12.3. The van der Waals surface area contributed by atoms with E-state index in [1.54, 1.807) is 19.4 Å². The van der Waals surface area contributed by atoms with E-state index in [2.05, 4.69) is 9.88 Å². The fourth-order valence-electron chi connectivity index (χ4n) is 3.15. The van der Waals surface area contributed by atoms with Gasteiger partial charge in [-0.15, -0.1) is 0 Å². The fourth-order valence-corrected chi connectivity index (χ4v) is 3.15. The van der Waals surface area contributed by atoms with E-state index in [1.807, 2.05) is 29.2 Å². The van der Waals surface area contributed by atoms with E-state index in [0.717, 1.165) is 30.1 Å². The van der Waals surface area contributed by atoms with E-state index in [0.29, 0.717) is 31.1 Å². The number of aromatic nitrogens is 1. The van der Waals surface area contributed by atoms with Gasteiger partial charge in [0.2, 0.25) is 5.89 Å². The second-order valence-electron chi connectivity index (χ2n) is 6.45. The van der Waals surface area contributed by atoms with Crippen LogP contribution in [0.4, 0.5) is 0 Å². The van der Waals surface area contributed by atoms with E-state index in [-0.39, 0.29) is 5.91 Å².